The molecule has 4 heteroatoms. The molecule has 0 radical (unpaired) electrons. The maximum Gasteiger partial charge on any atom is 0.251 e. The summed E-state index contributed by atoms with van der Waals surface area (Å²) in [5, 5.41) is 3.56. The van der Waals surface area contributed by atoms with Crippen molar-refractivity contribution >= 4 is 17.5 Å². The number of rotatable bonds is 5. The zero-order valence-corrected chi connectivity index (χ0v) is 11.1. The molecule has 3 nitrogen and oxygen atoms in total. The predicted octanol–water partition coefficient (Wildman–Crippen LogP) is 2.59. The Labute approximate surface area is 107 Å². The molecule has 0 heterocycles. The Morgan fingerprint density at radius 3 is 2.53 bits per heavy atom. The van der Waals surface area contributed by atoms with E-state index in [2.05, 4.69) is 5.32 Å². The van der Waals surface area contributed by atoms with Crippen LogP contribution in [0, 0.1) is 0 Å². The molecule has 0 unspecified atom stereocenters. The molecule has 0 atom stereocenters. The van der Waals surface area contributed by atoms with Crippen molar-refractivity contribution in [3.8, 4) is 0 Å². The van der Waals surface area contributed by atoms with E-state index in [1.165, 1.54) is 0 Å². The summed E-state index contributed by atoms with van der Waals surface area (Å²) in [6, 6.07) is 6.91. The van der Waals surface area contributed by atoms with Crippen LogP contribution in [0.5, 0.6) is 0 Å². The third kappa shape index (κ3) is 3.45. The average Bonchev–Trinajstić information content (AvgIpc) is 2.36. The second kappa shape index (κ2) is 6.03. The van der Waals surface area contributed by atoms with E-state index in [0.29, 0.717) is 17.1 Å². The summed E-state index contributed by atoms with van der Waals surface area (Å²) in [7, 11) is 0. The van der Waals surface area contributed by atoms with Crippen molar-refractivity contribution in [2.24, 2.45) is 5.73 Å². The molecule has 0 aliphatic rings. The molecule has 0 spiro atoms. The molecule has 1 aromatic rings. The maximum absolute atomic E-state index is 12.1. The van der Waals surface area contributed by atoms with E-state index in [1.54, 1.807) is 24.3 Å². The highest BCUT2D eigenvalue weighted by Gasteiger charge is 2.26. The van der Waals surface area contributed by atoms with Gasteiger partial charge >= 0.3 is 0 Å². The lowest BCUT2D eigenvalue weighted by molar-refractivity contribution is 0.0895. The number of carbonyl (C=O) groups excluding carboxylic acids is 1. The molecule has 1 amide bonds. The van der Waals surface area contributed by atoms with Crippen LogP contribution in [0.2, 0.25) is 5.02 Å². The second-order valence-corrected chi connectivity index (χ2v) is 4.59. The highest BCUT2D eigenvalue weighted by molar-refractivity contribution is 6.30. The first-order chi connectivity index (χ1) is 8.06. The van der Waals surface area contributed by atoms with E-state index in [1.807, 2.05) is 13.8 Å². The molecule has 0 fully saturated rings. The van der Waals surface area contributed by atoms with Gasteiger partial charge < -0.3 is 11.1 Å². The van der Waals surface area contributed by atoms with E-state index in [-0.39, 0.29) is 11.4 Å². The Bertz CT molecular complexity index is 380. The summed E-state index contributed by atoms with van der Waals surface area (Å²) in [5.74, 6) is -0.123. The van der Waals surface area contributed by atoms with E-state index < -0.39 is 0 Å². The van der Waals surface area contributed by atoms with Crippen LogP contribution < -0.4 is 11.1 Å². The molecule has 0 bridgehead atoms. The van der Waals surface area contributed by atoms with Crippen molar-refractivity contribution in [2.75, 3.05) is 6.54 Å². The molecule has 0 aliphatic carbocycles. The normalized spacial score (nSPS) is 11.3. The average molecular weight is 255 g/mol. The van der Waals surface area contributed by atoms with E-state index in [4.69, 9.17) is 17.3 Å². The minimum Gasteiger partial charge on any atom is -0.345 e. The fourth-order valence-corrected chi connectivity index (χ4v) is 1.90. The lowest BCUT2D eigenvalue weighted by Gasteiger charge is -2.31. The van der Waals surface area contributed by atoms with Gasteiger partial charge in [-0.05, 0) is 31.0 Å². The molecule has 1 aromatic carbocycles. The van der Waals surface area contributed by atoms with Gasteiger partial charge in [-0.15, -0.1) is 0 Å². The van der Waals surface area contributed by atoms with Crippen molar-refractivity contribution in [1.29, 1.82) is 0 Å². The molecule has 1 rings (SSSR count). The SMILES string of the molecule is CCC(CC)(CN)NC(=O)c1cccc(Cl)c1. The van der Waals surface area contributed by atoms with Gasteiger partial charge in [0.05, 0.1) is 5.54 Å². The molecule has 0 aliphatic heterocycles. The van der Waals surface area contributed by atoms with E-state index in [0.717, 1.165) is 12.8 Å². The standard InChI is InChI=1S/C13H19ClN2O/c1-3-13(4-2,9-15)16-12(17)10-6-5-7-11(14)8-10/h5-8H,3-4,9,15H2,1-2H3,(H,16,17). The Morgan fingerprint density at radius 2 is 2.06 bits per heavy atom. The number of hydrogen-bond acceptors (Lipinski definition) is 2. The molecular formula is C13H19ClN2O. The molecule has 3 N–H and O–H groups in total. The summed E-state index contributed by atoms with van der Waals surface area (Å²) >= 11 is 5.86. The molecule has 0 saturated heterocycles. The molecular weight excluding hydrogens is 236 g/mol. The first-order valence-corrected chi connectivity index (χ1v) is 6.23. The Morgan fingerprint density at radius 1 is 1.41 bits per heavy atom. The number of nitrogens with two attached hydrogens (primary N) is 1. The number of hydrogen-bond donors (Lipinski definition) is 2. The van der Waals surface area contributed by atoms with Gasteiger partial charge in [0.15, 0.2) is 0 Å². The van der Waals surface area contributed by atoms with Gasteiger partial charge in [-0.25, -0.2) is 0 Å². The fourth-order valence-electron chi connectivity index (χ4n) is 1.71. The topological polar surface area (TPSA) is 55.1 Å². The van der Waals surface area contributed by atoms with Crippen molar-refractivity contribution < 1.29 is 4.79 Å². The molecule has 94 valence electrons. The van der Waals surface area contributed by atoms with Crippen LogP contribution in [0.3, 0.4) is 0 Å². The summed E-state index contributed by atoms with van der Waals surface area (Å²) in [5.41, 5.74) is 5.99. The minimum absolute atomic E-state index is 0.123. The summed E-state index contributed by atoms with van der Waals surface area (Å²) in [4.78, 5) is 12.1. The number of amides is 1. The van der Waals surface area contributed by atoms with Gasteiger partial charge in [-0.2, -0.15) is 0 Å². The van der Waals surface area contributed by atoms with Crippen LogP contribution >= 0.6 is 11.6 Å². The Balaban J connectivity index is 2.84. The smallest absolute Gasteiger partial charge is 0.251 e. The van der Waals surface area contributed by atoms with Gasteiger partial charge in [-0.3, -0.25) is 4.79 Å². The van der Waals surface area contributed by atoms with Gasteiger partial charge in [0.1, 0.15) is 0 Å². The van der Waals surface area contributed by atoms with E-state index >= 15 is 0 Å². The highest BCUT2D eigenvalue weighted by atomic mass is 35.5. The largest absolute Gasteiger partial charge is 0.345 e. The van der Waals surface area contributed by atoms with Crippen LogP contribution in [0.15, 0.2) is 24.3 Å². The quantitative estimate of drug-likeness (QED) is 0.849. The Hall–Kier alpha value is -1.06. The van der Waals surface area contributed by atoms with Crippen LogP contribution in [0.4, 0.5) is 0 Å². The predicted molar refractivity (Wildman–Crippen MR) is 71.3 cm³/mol. The summed E-state index contributed by atoms with van der Waals surface area (Å²) < 4.78 is 0. The maximum atomic E-state index is 12.1. The first-order valence-electron chi connectivity index (χ1n) is 5.85. The zero-order chi connectivity index (χ0) is 12.9. The summed E-state index contributed by atoms with van der Waals surface area (Å²) in [6.07, 6.45) is 1.62. The zero-order valence-electron chi connectivity index (χ0n) is 10.3. The van der Waals surface area contributed by atoms with Crippen LogP contribution in [-0.2, 0) is 0 Å². The fraction of sp³-hybridized carbons (Fsp3) is 0.462. The van der Waals surface area contributed by atoms with E-state index in [9.17, 15) is 4.79 Å². The third-order valence-corrected chi connectivity index (χ3v) is 3.44. The number of halogens is 1. The second-order valence-electron chi connectivity index (χ2n) is 4.16. The van der Waals surface area contributed by atoms with Crippen molar-refractivity contribution in [3.05, 3.63) is 34.9 Å². The molecule has 0 saturated carbocycles. The van der Waals surface area contributed by atoms with Gasteiger partial charge in [0.25, 0.3) is 5.91 Å². The van der Waals surface area contributed by atoms with Gasteiger partial charge in [-0.1, -0.05) is 31.5 Å². The number of benzene rings is 1. The van der Waals surface area contributed by atoms with Crippen LogP contribution in [0.25, 0.3) is 0 Å². The minimum atomic E-state index is -0.320. The van der Waals surface area contributed by atoms with Crippen molar-refractivity contribution in [1.82, 2.24) is 5.32 Å². The van der Waals surface area contributed by atoms with Crippen LogP contribution in [-0.4, -0.2) is 18.0 Å². The van der Waals surface area contributed by atoms with Gasteiger partial charge in [0, 0.05) is 17.1 Å². The number of carbonyl (C=O) groups is 1. The molecule has 0 aromatic heterocycles. The monoisotopic (exact) mass is 254 g/mol. The number of nitrogens with one attached hydrogen (secondary N) is 1. The van der Waals surface area contributed by atoms with Gasteiger partial charge in [0.2, 0.25) is 0 Å². The molecule has 17 heavy (non-hydrogen) atoms. The Kier molecular flexibility index (Phi) is 4.97. The lowest BCUT2D eigenvalue weighted by atomic mass is 9.92. The summed E-state index contributed by atoms with van der Waals surface area (Å²) in [6.45, 7) is 4.48. The highest BCUT2D eigenvalue weighted by Crippen LogP contribution is 2.16. The van der Waals surface area contributed by atoms with Crippen molar-refractivity contribution in [3.63, 3.8) is 0 Å². The first kappa shape index (κ1) is 14.0. The van der Waals surface area contributed by atoms with Crippen molar-refractivity contribution in [2.45, 2.75) is 32.2 Å². The third-order valence-electron chi connectivity index (χ3n) is 3.21. The van der Waals surface area contributed by atoms with Crippen LogP contribution in [0.1, 0.15) is 37.0 Å². The lowest BCUT2D eigenvalue weighted by Crippen LogP contribution is -2.52.